The normalized spacial score (nSPS) is 11.6. The molecule has 0 fully saturated rings. The molecule has 0 radical (unpaired) electrons. The number of aryl methyl sites for hydroxylation is 1. The lowest BCUT2D eigenvalue weighted by atomic mass is 10.3. The van der Waals surface area contributed by atoms with Gasteiger partial charge in [-0.25, -0.2) is 17.5 Å². The summed E-state index contributed by atoms with van der Waals surface area (Å²) >= 11 is 8.74. The molecule has 1 aromatic carbocycles. The lowest BCUT2D eigenvalue weighted by Gasteiger charge is -2.06. The van der Waals surface area contributed by atoms with Crippen LogP contribution in [-0.2, 0) is 10.0 Å². The van der Waals surface area contributed by atoms with Crippen molar-refractivity contribution in [3.05, 3.63) is 39.2 Å². The van der Waals surface area contributed by atoms with Gasteiger partial charge in [0.1, 0.15) is 10.3 Å². The van der Waals surface area contributed by atoms with Crippen molar-refractivity contribution in [2.24, 2.45) is 0 Å². The van der Waals surface area contributed by atoms with E-state index in [9.17, 15) is 12.8 Å². The molecule has 0 atom stereocenters. The van der Waals surface area contributed by atoms with Gasteiger partial charge in [0.05, 0.1) is 10.6 Å². The topological polar surface area (TPSA) is 72.2 Å². The van der Waals surface area contributed by atoms with Crippen molar-refractivity contribution in [3.63, 3.8) is 0 Å². The standard InChI is InChI=1S/C10H7BrClFN2O3S/c1-5-9(11)10(18-14-5)15-19(16,17)8-3-6(12)2-7(13)4-8/h2-4,15H,1H3. The molecule has 1 heterocycles. The molecular weight excluding hydrogens is 363 g/mol. The van der Waals surface area contributed by atoms with E-state index in [-0.39, 0.29) is 15.8 Å². The zero-order valence-corrected chi connectivity index (χ0v) is 12.6. The third kappa shape index (κ3) is 3.07. The van der Waals surface area contributed by atoms with Gasteiger partial charge in [-0.3, -0.25) is 0 Å². The third-order valence-electron chi connectivity index (χ3n) is 2.16. The van der Waals surface area contributed by atoms with Crippen LogP contribution in [0.1, 0.15) is 5.69 Å². The molecular formula is C10H7BrClFN2O3S. The zero-order valence-electron chi connectivity index (χ0n) is 9.45. The average molecular weight is 370 g/mol. The van der Waals surface area contributed by atoms with Gasteiger partial charge in [0.25, 0.3) is 15.9 Å². The summed E-state index contributed by atoms with van der Waals surface area (Å²) in [6.45, 7) is 1.63. The molecule has 2 rings (SSSR count). The van der Waals surface area contributed by atoms with Gasteiger partial charge < -0.3 is 4.52 Å². The van der Waals surface area contributed by atoms with Gasteiger partial charge in [0, 0.05) is 5.02 Å². The number of hydrogen-bond acceptors (Lipinski definition) is 4. The Morgan fingerprint density at radius 2 is 2.11 bits per heavy atom. The van der Waals surface area contributed by atoms with Crippen LogP contribution in [0.15, 0.2) is 32.1 Å². The van der Waals surface area contributed by atoms with Crippen LogP contribution in [0.5, 0.6) is 0 Å². The Morgan fingerprint density at radius 1 is 1.42 bits per heavy atom. The fraction of sp³-hybridized carbons (Fsp3) is 0.100. The summed E-state index contributed by atoms with van der Waals surface area (Å²) in [7, 11) is -4.01. The van der Waals surface area contributed by atoms with Gasteiger partial charge in [-0.15, -0.1) is 0 Å². The number of aromatic nitrogens is 1. The average Bonchev–Trinajstić information content (AvgIpc) is 2.59. The molecule has 5 nitrogen and oxygen atoms in total. The number of benzene rings is 1. The van der Waals surface area contributed by atoms with Crippen LogP contribution < -0.4 is 4.72 Å². The summed E-state index contributed by atoms with van der Waals surface area (Å²) in [5.41, 5.74) is 0.481. The number of sulfonamides is 1. The summed E-state index contributed by atoms with van der Waals surface area (Å²) < 4.78 is 44.5. The first-order valence-electron chi connectivity index (χ1n) is 4.90. The van der Waals surface area contributed by atoms with Crippen LogP contribution in [0.25, 0.3) is 0 Å². The monoisotopic (exact) mass is 368 g/mol. The quantitative estimate of drug-likeness (QED) is 0.900. The second-order valence-electron chi connectivity index (χ2n) is 3.62. The van der Waals surface area contributed by atoms with Gasteiger partial charge in [-0.05, 0) is 41.1 Å². The third-order valence-corrected chi connectivity index (χ3v) is 4.63. The summed E-state index contributed by atoms with van der Waals surface area (Å²) in [5, 5.41) is 3.56. The van der Waals surface area contributed by atoms with Gasteiger partial charge in [0.2, 0.25) is 0 Å². The van der Waals surface area contributed by atoms with E-state index in [0.29, 0.717) is 10.2 Å². The van der Waals surface area contributed by atoms with Crippen molar-refractivity contribution in [1.29, 1.82) is 0 Å². The minimum atomic E-state index is -4.01. The number of hydrogen-bond donors (Lipinski definition) is 1. The maximum atomic E-state index is 13.2. The van der Waals surface area contributed by atoms with E-state index < -0.39 is 15.8 Å². The van der Waals surface area contributed by atoms with Crippen LogP contribution in [-0.4, -0.2) is 13.6 Å². The molecule has 9 heteroatoms. The van der Waals surface area contributed by atoms with Crippen LogP contribution in [0.4, 0.5) is 10.3 Å². The highest BCUT2D eigenvalue weighted by Crippen LogP contribution is 2.28. The molecule has 2 aromatic rings. The summed E-state index contributed by atoms with van der Waals surface area (Å²) in [5.74, 6) is -0.835. The molecule has 1 aromatic heterocycles. The number of anilines is 1. The number of rotatable bonds is 3. The van der Waals surface area contributed by atoms with Crippen molar-refractivity contribution in [3.8, 4) is 0 Å². The second kappa shape index (κ2) is 5.10. The lowest BCUT2D eigenvalue weighted by Crippen LogP contribution is -2.13. The fourth-order valence-corrected chi connectivity index (χ4v) is 3.00. The minimum Gasteiger partial charge on any atom is -0.336 e. The van der Waals surface area contributed by atoms with Gasteiger partial charge in [-0.2, -0.15) is 0 Å². The van der Waals surface area contributed by atoms with E-state index in [1.807, 2.05) is 0 Å². The molecule has 0 saturated carbocycles. The predicted octanol–water partition coefficient (Wildman–Crippen LogP) is 3.34. The predicted molar refractivity (Wildman–Crippen MR) is 71.2 cm³/mol. The molecule has 1 N–H and O–H groups in total. The maximum Gasteiger partial charge on any atom is 0.264 e. The highest BCUT2D eigenvalue weighted by atomic mass is 79.9. The number of halogens is 3. The Kier molecular flexibility index (Phi) is 3.84. The van der Waals surface area contributed by atoms with Crippen molar-refractivity contribution in [2.45, 2.75) is 11.8 Å². The Morgan fingerprint density at radius 3 is 2.63 bits per heavy atom. The van der Waals surface area contributed by atoms with E-state index in [2.05, 4.69) is 25.8 Å². The SMILES string of the molecule is Cc1noc(NS(=O)(=O)c2cc(F)cc(Cl)c2)c1Br. The van der Waals surface area contributed by atoms with Gasteiger partial charge in [-0.1, -0.05) is 16.8 Å². The number of nitrogens with zero attached hydrogens (tertiary/aromatic N) is 1. The Bertz CT molecular complexity index is 712. The van der Waals surface area contributed by atoms with Crippen molar-refractivity contribution in [1.82, 2.24) is 5.16 Å². The summed E-state index contributed by atoms with van der Waals surface area (Å²) in [4.78, 5) is -0.307. The minimum absolute atomic E-state index is 0.0202. The molecule has 19 heavy (non-hydrogen) atoms. The summed E-state index contributed by atoms with van der Waals surface area (Å²) in [6.07, 6.45) is 0. The molecule has 102 valence electrons. The van der Waals surface area contributed by atoms with E-state index in [1.165, 1.54) is 0 Å². The van der Waals surface area contributed by atoms with E-state index >= 15 is 0 Å². The highest BCUT2D eigenvalue weighted by molar-refractivity contribution is 9.10. The molecule has 0 aliphatic heterocycles. The molecule has 0 bridgehead atoms. The molecule has 0 unspecified atom stereocenters. The van der Waals surface area contributed by atoms with Crippen molar-refractivity contribution < 1.29 is 17.3 Å². The maximum absolute atomic E-state index is 13.2. The Hall–Kier alpha value is -1.12. The van der Waals surface area contributed by atoms with Crippen molar-refractivity contribution >= 4 is 43.4 Å². The van der Waals surface area contributed by atoms with Gasteiger partial charge in [0.15, 0.2) is 0 Å². The van der Waals surface area contributed by atoms with Crippen LogP contribution in [0.3, 0.4) is 0 Å². The summed E-state index contributed by atoms with van der Waals surface area (Å²) in [6, 6.07) is 2.99. The Balaban J connectivity index is 2.40. The largest absolute Gasteiger partial charge is 0.336 e. The number of nitrogens with one attached hydrogen (secondary N) is 1. The van der Waals surface area contributed by atoms with Gasteiger partial charge >= 0.3 is 0 Å². The molecule has 0 spiro atoms. The smallest absolute Gasteiger partial charge is 0.264 e. The first kappa shape index (κ1) is 14.3. The zero-order chi connectivity index (χ0) is 14.2. The first-order valence-corrected chi connectivity index (χ1v) is 7.56. The van der Waals surface area contributed by atoms with E-state index in [1.54, 1.807) is 6.92 Å². The van der Waals surface area contributed by atoms with Crippen LogP contribution in [0, 0.1) is 12.7 Å². The first-order chi connectivity index (χ1) is 8.79. The van der Waals surface area contributed by atoms with Crippen molar-refractivity contribution in [2.75, 3.05) is 4.72 Å². The van der Waals surface area contributed by atoms with Crippen LogP contribution >= 0.6 is 27.5 Å². The Labute approximate surface area is 121 Å². The van der Waals surface area contributed by atoms with Crippen LogP contribution in [0.2, 0.25) is 5.02 Å². The molecule has 0 amide bonds. The molecule has 0 saturated heterocycles. The van der Waals surface area contributed by atoms with E-state index in [4.69, 9.17) is 16.1 Å². The van der Waals surface area contributed by atoms with E-state index in [0.717, 1.165) is 18.2 Å². The lowest BCUT2D eigenvalue weighted by molar-refractivity contribution is 0.430. The fourth-order valence-electron chi connectivity index (χ4n) is 1.29. The second-order valence-corrected chi connectivity index (χ2v) is 6.53. The molecule has 0 aliphatic carbocycles. The highest BCUT2D eigenvalue weighted by Gasteiger charge is 2.21. The molecule has 0 aliphatic rings.